The van der Waals surface area contributed by atoms with E-state index < -0.39 is 22.0 Å². The number of amides is 2. The molecule has 190 valence electrons. The molecule has 7 nitrogen and oxygen atoms in total. The zero-order valence-electron chi connectivity index (χ0n) is 20.9. The van der Waals surface area contributed by atoms with E-state index in [1.807, 2.05) is 44.2 Å². The molecule has 3 rings (SSSR count). The highest BCUT2D eigenvalue weighted by molar-refractivity contribution is 7.89. The van der Waals surface area contributed by atoms with Gasteiger partial charge in [0.05, 0.1) is 11.4 Å². The van der Waals surface area contributed by atoms with E-state index in [4.69, 9.17) is 0 Å². The largest absolute Gasteiger partial charge is 0.352 e. The predicted octanol–water partition coefficient (Wildman–Crippen LogP) is 3.87. The Balaban J connectivity index is 1.81. The van der Waals surface area contributed by atoms with Gasteiger partial charge in [-0.15, -0.1) is 0 Å². The van der Waals surface area contributed by atoms with Gasteiger partial charge in [0.15, 0.2) is 0 Å². The van der Waals surface area contributed by atoms with Gasteiger partial charge in [-0.3, -0.25) is 9.59 Å². The number of benzene rings is 2. The summed E-state index contributed by atoms with van der Waals surface area (Å²) in [7, 11) is -2.45. The molecule has 1 atom stereocenters. The molecule has 1 N–H and O–H groups in total. The van der Waals surface area contributed by atoms with E-state index in [2.05, 4.69) is 5.32 Å². The van der Waals surface area contributed by atoms with Crippen molar-refractivity contribution in [3.8, 4) is 0 Å². The molecule has 0 spiro atoms. The molecule has 0 heterocycles. The van der Waals surface area contributed by atoms with Crippen LogP contribution < -0.4 is 5.32 Å². The second kappa shape index (κ2) is 12.3. The lowest BCUT2D eigenvalue weighted by atomic mass is 9.95. The lowest BCUT2D eigenvalue weighted by Crippen LogP contribution is -2.53. The highest BCUT2D eigenvalue weighted by Gasteiger charge is 2.32. The van der Waals surface area contributed by atoms with Crippen molar-refractivity contribution in [1.82, 2.24) is 14.5 Å². The molecular formula is C27H37N3O4S. The molecule has 0 aromatic heterocycles. The first kappa shape index (κ1) is 26.9. The monoisotopic (exact) mass is 499 g/mol. The minimum Gasteiger partial charge on any atom is -0.352 e. The first-order valence-corrected chi connectivity index (χ1v) is 13.8. The molecule has 1 aliphatic carbocycles. The molecule has 1 saturated carbocycles. The maximum absolute atomic E-state index is 13.5. The van der Waals surface area contributed by atoms with Crippen LogP contribution in [-0.2, 0) is 26.2 Å². The molecule has 0 saturated heterocycles. The van der Waals surface area contributed by atoms with Crippen LogP contribution in [0.15, 0.2) is 59.5 Å². The van der Waals surface area contributed by atoms with E-state index in [0.717, 1.165) is 41.1 Å². The zero-order valence-corrected chi connectivity index (χ0v) is 21.8. The molecule has 2 amide bonds. The highest BCUT2D eigenvalue weighted by Crippen LogP contribution is 2.20. The van der Waals surface area contributed by atoms with Crippen LogP contribution >= 0.6 is 0 Å². The van der Waals surface area contributed by atoms with Gasteiger partial charge in [-0.2, -0.15) is 4.31 Å². The minimum atomic E-state index is -3.85. The van der Waals surface area contributed by atoms with Crippen LogP contribution in [0.4, 0.5) is 0 Å². The van der Waals surface area contributed by atoms with Crippen molar-refractivity contribution in [2.45, 2.75) is 75.9 Å². The number of rotatable bonds is 10. The Kier molecular flexibility index (Phi) is 9.46. The standard InChI is InChI=1S/C27H37N3O4S/c1-4-25(27(32)28-23-13-9-6-10-14-23)30(19-22-11-7-5-8-12-22)26(31)20-29(3)35(33,34)24-17-15-21(2)16-18-24/h5,7-8,11-12,15-18,23,25H,4,6,9-10,13-14,19-20H2,1-3H3,(H,28,32). The van der Waals surface area contributed by atoms with Gasteiger partial charge in [0.2, 0.25) is 21.8 Å². The van der Waals surface area contributed by atoms with E-state index in [0.29, 0.717) is 6.42 Å². The van der Waals surface area contributed by atoms with E-state index in [-0.39, 0.29) is 29.9 Å². The number of likely N-dealkylation sites (N-methyl/N-ethyl adjacent to an activating group) is 1. The number of aryl methyl sites for hydroxylation is 1. The maximum Gasteiger partial charge on any atom is 0.243 e. The van der Waals surface area contributed by atoms with Crippen LogP contribution in [0.25, 0.3) is 0 Å². The zero-order chi connectivity index (χ0) is 25.4. The number of nitrogens with zero attached hydrogens (tertiary/aromatic N) is 2. The summed E-state index contributed by atoms with van der Waals surface area (Å²) in [6, 6.07) is 15.5. The number of nitrogens with one attached hydrogen (secondary N) is 1. The number of carbonyl (C=O) groups excluding carboxylic acids is 2. The van der Waals surface area contributed by atoms with E-state index in [9.17, 15) is 18.0 Å². The van der Waals surface area contributed by atoms with Crippen molar-refractivity contribution in [2.75, 3.05) is 13.6 Å². The van der Waals surface area contributed by atoms with Gasteiger partial charge >= 0.3 is 0 Å². The van der Waals surface area contributed by atoms with Crippen LogP contribution in [0.2, 0.25) is 0 Å². The highest BCUT2D eigenvalue weighted by atomic mass is 32.2. The summed E-state index contributed by atoms with van der Waals surface area (Å²) in [5.74, 6) is -0.578. The van der Waals surface area contributed by atoms with Gasteiger partial charge in [-0.1, -0.05) is 74.2 Å². The van der Waals surface area contributed by atoms with Crippen molar-refractivity contribution >= 4 is 21.8 Å². The van der Waals surface area contributed by atoms with E-state index >= 15 is 0 Å². The van der Waals surface area contributed by atoms with Crippen LogP contribution in [0.1, 0.15) is 56.6 Å². The lowest BCUT2D eigenvalue weighted by molar-refractivity contribution is -0.141. The molecular weight excluding hydrogens is 462 g/mol. The SMILES string of the molecule is CCC(C(=O)NC1CCCCC1)N(Cc1ccccc1)C(=O)CN(C)S(=O)(=O)c1ccc(C)cc1. The summed E-state index contributed by atoms with van der Waals surface area (Å²) in [4.78, 5) is 28.5. The first-order valence-electron chi connectivity index (χ1n) is 12.4. The Morgan fingerprint density at radius 2 is 1.63 bits per heavy atom. The van der Waals surface area contributed by atoms with Crippen LogP contribution in [0, 0.1) is 6.92 Å². The third-order valence-electron chi connectivity index (χ3n) is 6.62. The lowest BCUT2D eigenvalue weighted by Gasteiger charge is -2.33. The molecule has 8 heteroatoms. The Hall–Kier alpha value is -2.71. The van der Waals surface area contributed by atoms with Gasteiger partial charge in [0.1, 0.15) is 6.04 Å². The topological polar surface area (TPSA) is 86.8 Å². The average molecular weight is 500 g/mol. The molecule has 0 radical (unpaired) electrons. The van der Waals surface area contributed by atoms with E-state index in [1.54, 1.807) is 24.3 Å². The smallest absolute Gasteiger partial charge is 0.243 e. The van der Waals surface area contributed by atoms with Gasteiger partial charge in [-0.25, -0.2) is 8.42 Å². The van der Waals surface area contributed by atoms with Gasteiger partial charge < -0.3 is 10.2 Å². The van der Waals surface area contributed by atoms with Crippen molar-refractivity contribution in [1.29, 1.82) is 0 Å². The Morgan fingerprint density at radius 3 is 2.23 bits per heavy atom. The van der Waals surface area contributed by atoms with Gasteiger partial charge in [0, 0.05) is 19.6 Å². The Morgan fingerprint density at radius 1 is 1.00 bits per heavy atom. The summed E-state index contributed by atoms with van der Waals surface area (Å²) < 4.78 is 27.2. The van der Waals surface area contributed by atoms with Crippen molar-refractivity contribution in [3.63, 3.8) is 0 Å². The third kappa shape index (κ3) is 7.15. The fraction of sp³-hybridized carbons (Fsp3) is 0.481. The van der Waals surface area contributed by atoms with Gasteiger partial charge in [0.25, 0.3) is 0 Å². The van der Waals surface area contributed by atoms with Crippen molar-refractivity contribution in [2.24, 2.45) is 0 Å². The molecule has 0 bridgehead atoms. The summed E-state index contributed by atoms with van der Waals surface area (Å²) in [5.41, 5.74) is 1.83. The summed E-state index contributed by atoms with van der Waals surface area (Å²) >= 11 is 0. The number of sulfonamides is 1. The van der Waals surface area contributed by atoms with Crippen LogP contribution in [0.3, 0.4) is 0 Å². The Labute approximate surface area is 209 Å². The molecule has 2 aromatic rings. The van der Waals surface area contributed by atoms with Gasteiger partial charge in [-0.05, 0) is 43.9 Å². The van der Waals surface area contributed by atoms with Crippen molar-refractivity contribution < 1.29 is 18.0 Å². The van der Waals surface area contributed by atoms with Crippen LogP contribution in [0.5, 0.6) is 0 Å². The molecule has 2 aromatic carbocycles. The number of hydrogen-bond donors (Lipinski definition) is 1. The normalized spacial score (nSPS) is 15.5. The first-order chi connectivity index (χ1) is 16.7. The third-order valence-corrected chi connectivity index (χ3v) is 8.44. The molecule has 1 aliphatic rings. The summed E-state index contributed by atoms with van der Waals surface area (Å²) in [6.45, 7) is 3.64. The summed E-state index contributed by atoms with van der Waals surface area (Å²) in [5, 5.41) is 3.14. The molecule has 0 aliphatic heterocycles. The van der Waals surface area contributed by atoms with Crippen molar-refractivity contribution in [3.05, 3.63) is 65.7 Å². The van der Waals surface area contributed by atoms with E-state index in [1.165, 1.54) is 18.4 Å². The fourth-order valence-corrected chi connectivity index (χ4v) is 5.62. The molecule has 1 unspecified atom stereocenters. The quantitative estimate of drug-likeness (QED) is 0.538. The second-order valence-electron chi connectivity index (χ2n) is 9.35. The minimum absolute atomic E-state index is 0.128. The molecule has 35 heavy (non-hydrogen) atoms. The number of hydrogen-bond acceptors (Lipinski definition) is 4. The predicted molar refractivity (Wildman–Crippen MR) is 137 cm³/mol. The molecule has 1 fully saturated rings. The average Bonchev–Trinajstić information content (AvgIpc) is 2.85. The number of carbonyl (C=O) groups is 2. The fourth-order valence-electron chi connectivity index (χ4n) is 4.50. The van der Waals surface area contributed by atoms with Crippen LogP contribution in [-0.4, -0.2) is 55.1 Å². The second-order valence-corrected chi connectivity index (χ2v) is 11.4. The summed E-state index contributed by atoms with van der Waals surface area (Å²) in [6.07, 6.45) is 5.71. The maximum atomic E-state index is 13.5. The Bertz CT molecular complexity index is 1080.